The number of carbonyl (C=O) groups excluding carboxylic acids is 2. The second kappa shape index (κ2) is 9.72. The standard InChI is InChI=1S/C8H14O4S.C2H5NO2/c1-8(2,3)6(9)11-5-12-7(10)13-4;3-1-2(4)5/h5H2,1-4H3;1,3H2,(H,4,5)/p+1. The molecule has 0 radical (unpaired) electrons. The van der Waals surface area contributed by atoms with E-state index >= 15 is 0 Å². The van der Waals surface area contributed by atoms with E-state index < -0.39 is 16.7 Å². The van der Waals surface area contributed by atoms with Crippen molar-refractivity contribution in [3.63, 3.8) is 0 Å². The molecule has 0 spiro atoms. The second-order valence-electron chi connectivity index (χ2n) is 4.04. The van der Waals surface area contributed by atoms with Crippen LogP contribution in [0.25, 0.3) is 0 Å². The minimum Gasteiger partial charge on any atom is -0.477 e. The fraction of sp³-hybridized carbons (Fsp3) is 0.700. The lowest BCUT2D eigenvalue weighted by Gasteiger charge is -2.15. The van der Waals surface area contributed by atoms with Gasteiger partial charge in [-0.1, -0.05) is 0 Å². The summed E-state index contributed by atoms with van der Waals surface area (Å²) < 4.78 is 9.22. The van der Waals surface area contributed by atoms with Crippen LogP contribution in [0.2, 0.25) is 0 Å². The molecule has 0 saturated carbocycles. The van der Waals surface area contributed by atoms with Crippen LogP contribution < -0.4 is 5.73 Å². The Kier molecular flexibility index (Phi) is 10.3. The molecule has 0 bridgehead atoms. The smallest absolute Gasteiger partial charge is 0.369 e. The van der Waals surface area contributed by atoms with E-state index in [9.17, 15) is 14.4 Å². The molecule has 0 aliphatic heterocycles. The Balaban J connectivity index is 0. The number of carboxylic acid groups (broad SMARTS) is 1. The average Bonchev–Trinajstić information content (AvgIpc) is 2.28. The Bertz CT molecular complexity index is 287. The highest BCUT2D eigenvalue weighted by Gasteiger charge is 2.23. The third kappa shape index (κ3) is 12.8. The molecule has 0 saturated heterocycles. The highest BCUT2D eigenvalue weighted by molar-refractivity contribution is 8.12. The average molecular weight is 282 g/mol. The van der Waals surface area contributed by atoms with Gasteiger partial charge < -0.3 is 20.3 Å². The van der Waals surface area contributed by atoms with Gasteiger partial charge in [-0.3, -0.25) is 4.79 Å². The van der Waals surface area contributed by atoms with Crippen molar-refractivity contribution in [2.45, 2.75) is 20.8 Å². The first-order chi connectivity index (χ1) is 8.15. The first kappa shape index (κ1) is 19.1. The molecule has 0 atom stereocenters. The van der Waals surface area contributed by atoms with Gasteiger partial charge in [0.2, 0.25) is 6.79 Å². The topological polar surface area (TPSA) is 118 Å². The molecular formula is C10H20NO6S+. The first-order valence-electron chi connectivity index (χ1n) is 5.04. The third-order valence-electron chi connectivity index (χ3n) is 1.36. The normalized spacial score (nSPS) is 9.83. The molecule has 4 N–H and O–H groups in total. The van der Waals surface area contributed by atoms with Crippen LogP contribution in [0.3, 0.4) is 0 Å². The van der Waals surface area contributed by atoms with Crippen LogP contribution >= 0.6 is 11.8 Å². The molecule has 0 unspecified atom stereocenters. The van der Waals surface area contributed by atoms with Crippen molar-refractivity contribution in [3.05, 3.63) is 0 Å². The molecule has 0 aromatic heterocycles. The second-order valence-corrected chi connectivity index (χ2v) is 4.78. The van der Waals surface area contributed by atoms with E-state index in [2.05, 4.69) is 15.2 Å². The number of esters is 1. The van der Waals surface area contributed by atoms with E-state index in [0.717, 1.165) is 11.8 Å². The van der Waals surface area contributed by atoms with E-state index in [1.54, 1.807) is 27.0 Å². The van der Waals surface area contributed by atoms with Gasteiger partial charge in [0.05, 0.1) is 5.41 Å². The van der Waals surface area contributed by atoms with E-state index in [-0.39, 0.29) is 19.3 Å². The van der Waals surface area contributed by atoms with E-state index in [1.807, 2.05) is 0 Å². The van der Waals surface area contributed by atoms with Crippen molar-refractivity contribution in [2.75, 3.05) is 19.6 Å². The molecular weight excluding hydrogens is 262 g/mol. The molecule has 0 aromatic rings. The largest absolute Gasteiger partial charge is 0.477 e. The Hall–Kier alpha value is -1.28. The Morgan fingerprint density at radius 1 is 1.22 bits per heavy atom. The summed E-state index contributed by atoms with van der Waals surface area (Å²) in [5, 5.41) is 7.20. The van der Waals surface area contributed by atoms with Crippen LogP contribution in [0.5, 0.6) is 0 Å². The molecule has 0 aliphatic rings. The van der Waals surface area contributed by atoms with Crippen LogP contribution in [-0.2, 0) is 19.1 Å². The Morgan fingerprint density at radius 2 is 1.67 bits per heavy atom. The molecule has 0 fully saturated rings. The number of ether oxygens (including phenoxy) is 2. The van der Waals surface area contributed by atoms with E-state index in [4.69, 9.17) is 5.11 Å². The Labute approximate surface area is 110 Å². The predicted molar refractivity (Wildman–Crippen MR) is 65.8 cm³/mol. The Morgan fingerprint density at radius 3 is 1.94 bits per heavy atom. The number of rotatable bonds is 3. The highest BCUT2D eigenvalue weighted by atomic mass is 32.2. The SMILES string of the molecule is CSC(=O)OCOC(=O)C(C)(C)C.[NH3+]CC(=O)O. The lowest BCUT2D eigenvalue weighted by molar-refractivity contribution is -0.358. The monoisotopic (exact) mass is 282 g/mol. The molecule has 0 rings (SSSR count). The zero-order chi connectivity index (χ0) is 14.8. The van der Waals surface area contributed by atoms with Crippen LogP contribution in [0.1, 0.15) is 20.8 Å². The molecule has 18 heavy (non-hydrogen) atoms. The van der Waals surface area contributed by atoms with Crippen molar-refractivity contribution in [1.82, 2.24) is 0 Å². The van der Waals surface area contributed by atoms with Gasteiger partial charge in [0, 0.05) is 0 Å². The quantitative estimate of drug-likeness (QED) is 0.566. The number of hydrogen-bond acceptors (Lipinski definition) is 6. The zero-order valence-electron chi connectivity index (χ0n) is 11.0. The summed E-state index contributed by atoms with van der Waals surface area (Å²) in [6.45, 7) is 4.85. The van der Waals surface area contributed by atoms with Crippen molar-refractivity contribution in [2.24, 2.45) is 5.41 Å². The third-order valence-corrected chi connectivity index (χ3v) is 1.81. The summed E-state index contributed by atoms with van der Waals surface area (Å²) >= 11 is 0.932. The van der Waals surface area contributed by atoms with E-state index in [0.29, 0.717) is 0 Å². The summed E-state index contributed by atoms with van der Waals surface area (Å²) in [5.41, 5.74) is 2.52. The lowest BCUT2D eigenvalue weighted by atomic mass is 9.98. The predicted octanol–water partition coefficient (Wildman–Crippen LogP) is 0.346. The van der Waals surface area contributed by atoms with Gasteiger partial charge in [-0.2, -0.15) is 0 Å². The van der Waals surface area contributed by atoms with Gasteiger partial charge in [-0.25, -0.2) is 9.59 Å². The lowest BCUT2D eigenvalue weighted by Crippen LogP contribution is -2.54. The summed E-state index contributed by atoms with van der Waals surface area (Å²) in [6, 6.07) is 0. The summed E-state index contributed by atoms with van der Waals surface area (Å²) in [6.07, 6.45) is 1.59. The summed E-state index contributed by atoms with van der Waals surface area (Å²) in [5.74, 6) is -1.24. The molecule has 0 amide bonds. The van der Waals surface area contributed by atoms with Gasteiger partial charge in [0.1, 0.15) is 0 Å². The number of quaternary nitrogens is 1. The number of carboxylic acids is 1. The minimum atomic E-state index is -0.856. The number of aliphatic carboxylic acids is 1. The van der Waals surface area contributed by atoms with Gasteiger partial charge in [0.15, 0.2) is 6.54 Å². The maximum Gasteiger partial charge on any atom is 0.369 e. The fourth-order valence-corrected chi connectivity index (χ4v) is 0.572. The van der Waals surface area contributed by atoms with Crippen molar-refractivity contribution < 1.29 is 34.7 Å². The van der Waals surface area contributed by atoms with E-state index in [1.165, 1.54) is 0 Å². The molecule has 0 aliphatic carbocycles. The maximum absolute atomic E-state index is 11.1. The number of hydrogen-bond donors (Lipinski definition) is 2. The van der Waals surface area contributed by atoms with Gasteiger partial charge in [-0.05, 0) is 38.8 Å². The summed E-state index contributed by atoms with van der Waals surface area (Å²) in [4.78, 5) is 31.0. The van der Waals surface area contributed by atoms with Gasteiger partial charge in [0.25, 0.3) is 0 Å². The van der Waals surface area contributed by atoms with Crippen molar-refractivity contribution >= 4 is 29.0 Å². The number of carbonyl (C=O) groups is 3. The van der Waals surface area contributed by atoms with Crippen LogP contribution in [0, 0.1) is 5.41 Å². The zero-order valence-corrected chi connectivity index (χ0v) is 11.8. The molecule has 106 valence electrons. The van der Waals surface area contributed by atoms with Crippen molar-refractivity contribution in [3.8, 4) is 0 Å². The first-order valence-corrected chi connectivity index (χ1v) is 6.26. The highest BCUT2D eigenvalue weighted by Crippen LogP contribution is 2.15. The molecule has 8 heteroatoms. The number of thioether (sulfide) groups is 1. The van der Waals surface area contributed by atoms with Crippen LogP contribution in [-0.4, -0.2) is 41.9 Å². The maximum atomic E-state index is 11.1. The van der Waals surface area contributed by atoms with Gasteiger partial charge >= 0.3 is 17.2 Å². The molecule has 7 nitrogen and oxygen atoms in total. The van der Waals surface area contributed by atoms with Gasteiger partial charge in [-0.15, -0.1) is 0 Å². The fourth-order valence-electron chi connectivity index (χ4n) is 0.407. The molecule has 0 heterocycles. The van der Waals surface area contributed by atoms with Crippen LogP contribution in [0.4, 0.5) is 4.79 Å². The molecule has 0 aromatic carbocycles. The summed E-state index contributed by atoms with van der Waals surface area (Å²) in [7, 11) is 0. The van der Waals surface area contributed by atoms with Crippen molar-refractivity contribution in [1.29, 1.82) is 0 Å². The van der Waals surface area contributed by atoms with Crippen LogP contribution in [0.15, 0.2) is 0 Å². The minimum absolute atomic E-state index is 0.0278.